The van der Waals surface area contributed by atoms with Gasteiger partial charge in [-0.3, -0.25) is 19.3 Å². The Kier molecular flexibility index (Phi) is 7.07. The Balaban J connectivity index is 1.26. The summed E-state index contributed by atoms with van der Waals surface area (Å²) in [6.07, 6.45) is 5.19. The van der Waals surface area contributed by atoms with Crippen LogP contribution in [0.15, 0.2) is 60.7 Å². The van der Waals surface area contributed by atoms with Gasteiger partial charge < -0.3 is 14.8 Å². The smallest absolute Gasteiger partial charge is 0.233 e. The number of benzene rings is 2. The number of allylic oxidation sites excluding steroid dienone is 2. The van der Waals surface area contributed by atoms with E-state index in [1.807, 2.05) is 60.7 Å². The van der Waals surface area contributed by atoms with Gasteiger partial charge in [0.05, 0.1) is 18.9 Å². The van der Waals surface area contributed by atoms with E-state index in [2.05, 4.69) is 5.32 Å². The van der Waals surface area contributed by atoms with Crippen LogP contribution in [0.1, 0.15) is 30.4 Å². The van der Waals surface area contributed by atoms with Crippen LogP contribution in [-0.4, -0.2) is 36.3 Å². The first-order valence-corrected chi connectivity index (χ1v) is 11.2. The van der Waals surface area contributed by atoms with Gasteiger partial charge in [0, 0.05) is 19.5 Å². The molecule has 0 saturated carbocycles. The van der Waals surface area contributed by atoms with Crippen molar-refractivity contribution in [2.24, 2.45) is 11.8 Å². The number of hydrogen-bond donors (Lipinski definition) is 1. The van der Waals surface area contributed by atoms with Gasteiger partial charge in [0.25, 0.3) is 0 Å². The molecular formula is C26H28N2O5. The first-order chi connectivity index (χ1) is 16.1. The second-order valence-electron chi connectivity index (χ2n) is 8.27. The zero-order valence-electron chi connectivity index (χ0n) is 18.7. The van der Waals surface area contributed by atoms with Crippen molar-refractivity contribution in [1.29, 1.82) is 0 Å². The molecule has 1 aliphatic heterocycles. The SMILES string of the molecule is COc1cc(CNC(=O)CCN2C(=O)[C@H]3CC=CC[C@@H]3C2=O)ccc1OCc1ccccc1. The number of nitrogens with zero attached hydrogens (tertiary/aromatic N) is 1. The van der Waals surface area contributed by atoms with Gasteiger partial charge in [0.2, 0.25) is 17.7 Å². The molecule has 1 N–H and O–H groups in total. The molecule has 172 valence electrons. The highest BCUT2D eigenvalue weighted by Crippen LogP contribution is 2.35. The van der Waals surface area contributed by atoms with E-state index < -0.39 is 0 Å². The molecule has 0 bridgehead atoms. The quantitative estimate of drug-likeness (QED) is 0.470. The molecule has 4 rings (SSSR count). The Morgan fingerprint density at radius 3 is 2.33 bits per heavy atom. The summed E-state index contributed by atoms with van der Waals surface area (Å²) in [5, 5.41) is 2.85. The van der Waals surface area contributed by atoms with Crippen molar-refractivity contribution >= 4 is 17.7 Å². The summed E-state index contributed by atoms with van der Waals surface area (Å²) in [6, 6.07) is 15.4. The molecule has 0 spiro atoms. The topological polar surface area (TPSA) is 84.9 Å². The third kappa shape index (κ3) is 5.25. The largest absolute Gasteiger partial charge is 0.493 e. The number of methoxy groups -OCH3 is 1. The van der Waals surface area contributed by atoms with Gasteiger partial charge in [-0.1, -0.05) is 48.6 Å². The number of carbonyl (C=O) groups is 3. The molecule has 0 aromatic heterocycles. The molecule has 1 aliphatic carbocycles. The second-order valence-corrected chi connectivity index (χ2v) is 8.27. The van der Waals surface area contributed by atoms with Crippen LogP contribution < -0.4 is 14.8 Å². The van der Waals surface area contributed by atoms with Gasteiger partial charge in [-0.2, -0.15) is 0 Å². The minimum atomic E-state index is -0.263. The fourth-order valence-corrected chi connectivity index (χ4v) is 4.27. The highest BCUT2D eigenvalue weighted by molar-refractivity contribution is 6.05. The maximum absolute atomic E-state index is 12.5. The summed E-state index contributed by atoms with van der Waals surface area (Å²) in [7, 11) is 1.57. The van der Waals surface area contributed by atoms with Crippen LogP contribution in [0.2, 0.25) is 0 Å². The number of fused-ring (bicyclic) bond motifs is 1. The summed E-state index contributed by atoms with van der Waals surface area (Å²) in [5.74, 6) is 0.157. The first-order valence-electron chi connectivity index (χ1n) is 11.2. The fraction of sp³-hybridized carbons (Fsp3) is 0.346. The Bertz CT molecular complexity index is 1020. The molecule has 7 nitrogen and oxygen atoms in total. The number of hydrogen-bond acceptors (Lipinski definition) is 5. The number of carbonyl (C=O) groups excluding carboxylic acids is 3. The van der Waals surface area contributed by atoms with E-state index in [1.165, 1.54) is 4.90 Å². The Morgan fingerprint density at radius 2 is 1.67 bits per heavy atom. The third-order valence-electron chi connectivity index (χ3n) is 6.12. The van der Waals surface area contributed by atoms with Gasteiger partial charge in [0.15, 0.2) is 11.5 Å². The summed E-state index contributed by atoms with van der Waals surface area (Å²) >= 11 is 0. The predicted molar refractivity (Wildman–Crippen MR) is 122 cm³/mol. The van der Waals surface area contributed by atoms with Gasteiger partial charge >= 0.3 is 0 Å². The summed E-state index contributed by atoms with van der Waals surface area (Å²) < 4.78 is 11.3. The Labute approximate surface area is 193 Å². The van der Waals surface area contributed by atoms with Crippen molar-refractivity contribution in [3.05, 3.63) is 71.8 Å². The molecule has 7 heteroatoms. The normalized spacial score (nSPS) is 19.4. The van der Waals surface area contributed by atoms with E-state index in [-0.39, 0.29) is 42.5 Å². The number of likely N-dealkylation sites (tertiary alicyclic amines) is 1. The molecule has 2 aliphatic rings. The van der Waals surface area contributed by atoms with Crippen molar-refractivity contribution < 1.29 is 23.9 Å². The lowest BCUT2D eigenvalue weighted by molar-refractivity contribution is -0.140. The number of rotatable bonds is 9. The predicted octanol–water partition coefficient (Wildman–Crippen LogP) is 3.23. The van der Waals surface area contributed by atoms with Crippen molar-refractivity contribution in [3.63, 3.8) is 0 Å². The van der Waals surface area contributed by atoms with Gasteiger partial charge in [-0.25, -0.2) is 0 Å². The molecule has 2 atom stereocenters. The minimum absolute atomic E-state index is 0.0831. The van der Waals surface area contributed by atoms with E-state index in [0.29, 0.717) is 37.5 Å². The standard InChI is InChI=1S/C26H28N2O5/c1-32-23-15-19(11-12-22(23)33-17-18-7-3-2-4-8-18)16-27-24(29)13-14-28-25(30)20-9-5-6-10-21(20)26(28)31/h2-8,11-12,15,20-21H,9-10,13-14,16-17H2,1H3,(H,27,29)/t20-,21-/m0/s1. The second kappa shape index (κ2) is 10.3. The third-order valence-corrected chi connectivity index (χ3v) is 6.12. The molecule has 0 unspecified atom stereocenters. The number of imide groups is 1. The van der Waals surface area contributed by atoms with E-state index in [1.54, 1.807) is 7.11 Å². The Hall–Kier alpha value is -3.61. The highest BCUT2D eigenvalue weighted by atomic mass is 16.5. The van der Waals surface area contributed by atoms with Gasteiger partial charge in [-0.15, -0.1) is 0 Å². The average Bonchev–Trinajstić information content (AvgIpc) is 3.10. The maximum atomic E-state index is 12.5. The molecule has 1 saturated heterocycles. The van der Waals surface area contributed by atoms with Crippen LogP contribution in [0.4, 0.5) is 0 Å². The molecule has 2 aromatic rings. The number of ether oxygens (including phenoxy) is 2. The average molecular weight is 449 g/mol. The zero-order chi connectivity index (χ0) is 23.2. The lowest BCUT2D eigenvalue weighted by Crippen LogP contribution is -2.35. The molecule has 33 heavy (non-hydrogen) atoms. The van der Waals surface area contributed by atoms with Crippen LogP contribution in [-0.2, 0) is 27.5 Å². The monoisotopic (exact) mass is 448 g/mol. The zero-order valence-corrected chi connectivity index (χ0v) is 18.7. The highest BCUT2D eigenvalue weighted by Gasteiger charge is 2.46. The van der Waals surface area contributed by atoms with E-state index in [9.17, 15) is 14.4 Å². The number of amides is 3. The van der Waals surface area contributed by atoms with Crippen LogP contribution in [0, 0.1) is 11.8 Å². The molecular weight excluding hydrogens is 420 g/mol. The summed E-state index contributed by atoms with van der Waals surface area (Å²) in [4.78, 5) is 38.6. The van der Waals surface area contributed by atoms with Crippen molar-refractivity contribution in [3.8, 4) is 11.5 Å². The van der Waals surface area contributed by atoms with E-state index in [0.717, 1.165) is 11.1 Å². The van der Waals surface area contributed by atoms with Crippen molar-refractivity contribution in [1.82, 2.24) is 10.2 Å². The molecule has 0 radical (unpaired) electrons. The molecule has 1 fully saturated rings. The van der Waals surface area contributed by atoms with E-state index >= 15 is 0 Å². The lowest BCUT2D eigenvalue weighted by Gasteiger charge is -2.15. The number of nitrogens with one attached hydrogen (secondary N) is 1. The molecule has 2 aromatic carbocycles. The first kappa shape index (κ1) is 22.6. The van der Waals surface area contributed by atoms with Crippen LogP contribution in [0.5, 0.6) is 11.5 Å². The van der Waals surface area contributed by atoms with Crippen molar-refractivity contribution in [2.75, 3.05) is 13.7 Å². The maximum Gasteiger partial charge on any atom is 0.233 e. The van der Waals surface area contributed by atoms with Crippen LogP contribution in [0.25, 0.3) is 0 Å². The Morgan fingerprint density at radius 1 is 0.970 bits per heavy atom. The van der Waals surface area contributed by atoms with Gasteiger partial charge in [-0.05, 0) is 36.1 Å². The lowest BCUT2D eigenvalue weighted by atomic mass is 9.85. The molecule has 3 amide bonds. The molecule has 1 heterocycles. The van der Waals surface area contributed by atoms with Crippen LogP contribution in [0.3, 0.4) is 0 Å². The van der Waals surface area contributed by atoms with Crippen molar-refractivity contribution in [2.45, 2.75) is 32.4 Å². The van der Waals surface area contributed by atoms with E-state index in [4.69, 9.17) is 9.47 Å². The summed E-state index contributed by atoms with van der Waals surface area (Å²) in [6.45, 7) is 0.857. The van der Waals surface area contributed by atoms with Gasteiger partial charge in [0.1, 0.15) is 6.61 Å². The minimum Gasteiger partial charge on any atom is -0.493 e. The summed E-state index contributed by atoms with van der Waals surface area (Å²) in [5.41, 5.74) is 1.92. The van der Waals surface area contributed by atoms with Crippen LogP contribution >= 0.6 is 0 Å². The fourth-order valence-electron chi connectivity index (χ4n) is 4.27.